The van der Waals surface area contributed by atoms with E-state index in [1.54, 1.807) is 6.92 Å². The first-order valence-corrected chi connectivity index (χ1v) is 9.40. The molecule has 1 amide bonds. The van der Waals surface area contributed by atoms with Crippen LogP contribution in [0.4, 0.5) is 11.4 Å². The highest BCUT2D eigenvalue weighted by atomic mass is 16.4. The Morgan fingerprint density at radius 1 is 1.00 bits per heavy atom. The highest BCUT2D eigenvalue weighted by Crippen LogP contribution is 2.24. The Labute approximate surface area is 159 Å². The van der Waals surface area contributed by atoms with Gasteiger partial charge in [-0.1, -0.05) is 18.2 Å². The number of oxazole rings is 1. The van der Waals surface area contributed by atoms with Crippen molar-refractivity contribution >= 4 is 17.3 Å². The molecule has 5 nitrogen and oxygen atoms in total. The minimum atomic E-state index is -0.260. The summed E-state index contributed by atoms with van der Waals surface area (Å²) in [5.41, 5.74) is 3.13. The lowest BCUT2D eigenvalue weighted by Crippen LogP contribution is -2.29. The Morgan fingerprint density at radius 2 is 1.70 bits per heavy atom. The maximum absolute atomic E-state index is 12.6. The van der Waals surface area contributed by atoms with Gasteiger partial charge >= 0.3 is 0 Å². The number of rotatable bonds is 4. The normalized spacial score (nSPS) is 14.2. The zero-order valence-electron chi connectivity index (χ0n) is 15.4. The molecule has 1 aliphatic heterocycles. The zero-order valence-corrected chi connectivity index (χ0v) is 15.4. The van der Waals surface area contributed by atoms with Gasteiger partial charge in [0, 0.05) is 30.0 Å². The molecule has 2 aromatic carbocycles. The lowest BCUT2D eigenvalue weighted by atomic mass is 10.1. The van der Waals surface area contributed by atoms with E-state index in [-0.39, 0.29) is 5.91 Å². The van der Waals surface area contributed by atoms with E-state index in [2.05, 4.69) is 27.3 Å². The smallest absolute Gasteiger partial charge is 0.277 e. The van der Waals surface area contributed by atoms with Crippen LogP contribution in [-0.2, 0) is 0 Å². The van der Waals surface area contributed by atoms with Crippen molar-refractivity contribution in [3.05, 3.63) is 66.1 Å². The Hall–Kier alpha value is -3.08. The number of benzene rings is 2. The van der Waals surface area contributed by atoms with Crippen molar-refractivity contribution in [3.8, 4) is 11.5 Å². The van der Waals surface area contributed by atoms with Crippen LogP contribution in [0, 0.1) is 6.92 Å². The third kappa shape index (κ3) is 3.87. The molecule has 1 saturated heterocycles. The molecule has 1 fully saturated rings. The molecule has 0 aliphatic carbocycles. The van der Waals surface area contributed by atoms with Crippen LogP contribution in [0.25, 0.3) is 11.5 Å². The number of anilines is 2. The molecule has 0 bridgehead atoms. The van der Waals surface area contributed by atoms with E-state index in [4.69, 9.17) is 4.42 Å². The molecule has 0 saturated carbocycles. The van der Waals surface area contributed by atoms with Crippen molar-refractivity contribution in [1.82, 2.24) is 4.98 Å². The Bertz CT molecular complexity index is 910. The molecular weight excluding hydrogens is 338 g/mol. The second kappa shape index (κ2) is 7.66. The summed E-state index contributed by atoms with van der Waals surface area (Å²) in [6, 6.07) is 17.6. The van der Waals surface area contributed by atoms with Crippen LogP contribution in [0.2, 0.25) is 0 Å². The zero-order chi connectivity index (χ0) is 18.6. The molecule has 5 heteroatoms. The van der Waals surface area contributed by atoms with E-state index in [9.17, 15) is 4.79 Å². The summed E-state index contributed by atoms with van der Waals surface area (Å²) in [4.78, 5) is 19.4. The largest absolute Gasteiger partial charge is 0.441 e. The summed E-state index contributed by atoms with van der Waals surface area (Å²) in [6.07, 6.45) is 3.80. The Morgan fingerprint density at radius 3 is 2.41 bits per heavy atom. The first-order chi connectivity index (χ1) is 13.2. The number of piperidine rings is 1. The highest BCUT2D eigenvalue weighted by Gasteiger charge is 2.18. The van der Waals surface area contributed by atoms with Crippen LogP contribution < -0.4 is 10.2 Å². The minimum Gasteiger partial charge on any atom is -0.441 e. The highest BCUT2D eigenvalue weighted by molar-refractivity contribution is 6.03. The summed E-state index contributed by atoms with van der Waals surface area (Å²) in [7, 11) is 0. The predicted molar refractivity (Wildman–Crippen MR) is 107 cm³/mol. The first kappa shape index (κ1) is 17.3. The van der Waals surface area contributed by atoms with Gasteiger partial charge in [-0.05, 0) is 62.6 Å². The van der Waals surface area contributed by atoms with Gasteiger partial charge < -0.3 is 14.6 Å². The van der Waals surface area contributed by atoms with Crippen molar-refractivity contribution in [3.63, 3.8) is 0 Å². The standard InChI is InChI=1S/C22H23N3O2/c1-16-20(24-22(27-16)17-8-4-2-5-9-17)21(26)23-18-10-12-19(13-11-18)25-14-6-3-7-15-25/h2,4-5,8-13H,3,6-7,14-15H2,1H3,(H,23,26). The van der Waals surface area contributed by atoms with E-state index in [0.717, 1.165) is 24.3 Å². The minimum absolute atomic E-state index is 0.260. The van der Waals surface area contributed by atoms with Gasteiger partial charge in [-0.2, -0.15) is 0 Å². The van der Waals surface area contributed by atoms with Gasteiger partial charge in [0.2, 0.25) is 5.89 Å². The van der Waals surface area contributed by atoms with Gasteiger partial charge in [0.25, 0.3) is 5.91 Å². The number of aryl methyl sites for hydroxylation is 1. The van der Waals surface area contributed by atoms with Crippen molar-refractivity contribution in [2.75, 3.05) is 23.3 Å². The third-order valence-corrected chi connectivity index (χ3v) is 4.88. The second-order valence-corrected chi connectivity index (χ2v) is 6.84. The third-order valence-electron chi connectivity index (χ3n) is 4.88. The average molecular weight is 361 g/mol. The number of nitrogens with zero attached hydrogens (tertiary/aromatic N) is 2. The average Bonchev–Trinajstić information content (AvgIpc) is 3.12. The molecule has 4 rings (SSSR count). The first-order valence-electron chi connectivity index (χ1n) is 9.40. The number of amides is 1. The number of nitrogens with one attached hydrogen (secondary N) is 1. The van der Waals surface area contributed by atoms with Crippen LogP contribution >= 0.6 is 0 Å². The van der Waals surface area contributed by atoms with Crippen LogP contribution in [0.3, 0.4) is 0 Å². The molecule has 1 aliphatic rings. The number of hydrogen-bond acceptors (Lipinski definition) is 4. The molecule has 2 heterocycles. The molecule has 1 N–H and O–H groups in total. The second-order valence-electron chi connectivity index (χ2n) is 6.84. The van der Waals surface area contributed by atoms with Gasteiger partial charge in [0.05, 0.1) is 0 Å². The van der Waals surface area contributed by atoms with E-state index in [0.29, 0.717) is 17.3 Å². The number of carbonyl (C=O) groups is 1. The summed E-state index contributed by atoms with van der Waals surface area (Å²) >= 11 is 0. The van der Waals surface area contributed by atoms with Gasteiger partial charge in [-0.25, -0.2) is 4.98 Å². The quantitative estimate of drug-likeness (QED) is 0.718. The summed E-state index contributed by atoms with van der Waals surface area (Å²) in [5, 5.41) is 2.91. The fraction of sp³-hybridized carbons (Fsp3) is 0.273. The molecule has 0 unspecified atom stereocenters. The van der Waals surface area contributed by atoms with Gasteiger partial charge in [-0.15, -0.1) is 0 Å². The molecule has 0 spiro atoms. The molecule has 3 aromatic rings. The van der Waals surface area contributed by atoms with Crippen LogP contribution in [-0.4, -0.2) is 24.0 Å². The topological polar surface area (TPSA) is 58.4 Å². The van der Waals surface area contributed by atoms with Crippen molar-refractivity contribution in [2.24, 2.45) is 0 Å². The fourth-order valence-corrected chi connectivity index (χ4v) is 3.41. The van der Waals surface area contributed by atoms with Crippen molar-refractivity contribution in [1.29, 1.82) is 0 Å². The lowest BCUT2D eigenvalue weighted by Gasteiger charge is -2.28. The lowest BCUT2D eigenvalue weighted by molar-refractivity contribution is 0.102. The van der Waals surface area contributed by atoms with Crippen molar-refractivity contribution < 1.29 is 9.21 Å². The number of carbonyl (C=O) groups excluding carboxylic acids is 1. The molecule has 138 valence electrons. The molecule has 1 aromatic heterocycles. The van der Waals surface area contributed by atoms with Crippen LogP contribution in [0.15, 0.2) is 59.0 Å². The van der Waals surface area contributed by atoms with Crippen molar-refractivity contribution in [2.45, 2.75) is 26.2 Å². The molecule has 0 atom stereocenters. The molecule has 27 heavy (non-hydrogen) atoms. The molecule has 0 radical (unpaired) electrons. The monoisotopic (exact) mass is 361 g/mol. The van der Waals surface area contributed by atoms with Gasteiger partial charge in [0.1, 0.15) is 5.76 Å². The summed E-state index contributed by atoms with van der Waals surface area (Å²) < 4.78 is 5.68. The van der Waals surface area contributed by atoms with Crippen LogP contribution in [0.1, 0.15) is 35.5 Å². The number of hydrogen-bond donors (Lipinski definition) is 1. The number of aromatic nitrogens is 1. The van der Waals surface area contributed by atoms with Gasteiger partial charge in [0.15, 0.2) is 5.69 Å². The van der Waals surface area contributed by atoms with E-state index in [1.165, 1.54) is 24.9 Å². The predicted octanol–water partition coefficient (Wildman–Crippen LogP) is 4.89. The Balaban J connectivity index is 1.47. The van der Waals surface area contributed by atoms with Gasteiger partial charge in [-0.3, -0.25) is 4.79 Å². The SMILES string of the molecule is Cc1oc(-c2ccccc2)nc1C(=O)Nc1ccc(N2CCCCC2)cc1. The maximum Gasteiger partial charge on any atom is 0.277 e. The van der Waals surface area contributed by atoms with E-state index in [1.807, 2.05) is 42.5 Å². The maximum atomic E-state index is 12.6. The molecular formula is C22H23N3O2. The Kier molecular flexibility index (Phi) is 4.92. The fourth-order valence-electron chi connectivity index (χ4n) is 3.41. The summed E-state index contributed by atoms with van der Waals surface area (Å²) in [6.45, 7) is 3.96. The summed E-state index contributed by atoms with van der Waals surface area (Å²) in [5.74, 6) is 0.708. The van der Waals surface area contributed by atoms with Crippen LogP contribution in [0.5, 0.6) is 0 Å². The van der Waals surface area contributed by atoms with E-state index >= 15 is 0 Å². The van der Waals surface area contributed by atoms with E-state index < -0.39 is 0 Å².